The monoisotopic (exact) mass is 340 g/mol. The van der Waals surface area contributed by atoms with Crippen molar-refractivity contribution in [1.29, 1.82) is 0 Å². The average Bonchev–Trinajstić information content (AvgIpc) is 2.49. The van der Waals surface area contributed by atoms with Crippen molar-refractivity contribution < 1.29 is 4.92 Å². The second kappa shape index (κ2) is 7.07. The summed E-state index contributed by atoms with van der Waals surface area (Å²) in [6.45, 7) is 2.90. The minimum Gasteiger partial charge on any atom is -0.363 e. The van der Waals surface area contributed by atoms with Gasteiger partial charge in [-0.2, -0.15) is 0 Å². The molecule has 4 nitrogen and oxygen atoms in total. The van der Waals surface area contributed by atoms with Crippen molar-refractivity contribution in [3.63, 3.8) is 0 Å². The van der Waals surface area contributed by atoms with E-state index in [2.05, 4.69) is 27.8 Å². The Hall–Kier alpha value is -1.10. The summed E-state index contributed by atoms with van der Waals surface area (Å²) < 4.78 is 0. The topological polar surface area (TPSA) is 46.4 Å². The fraction of sp³-hybridized carbons (Fsp3) is 0.600. The Morgan fingerprint density at radius 3 is 2.60 bits per heavy atom. The van der Waals surface area contributed by atoms with Crippen molar-refractivity contribution in [3.8, 4) is 0 Å². The van der Waals surface area contributed by atoms with Crippen LogP contribution in [-0.2, 0) is 5.33 Å². The summed E-state index contributed by atoms with van der Waals surface area (Å²) in [6.07, 6.45) is 6.04. The van der Waals surface area contributed by atoms with Gasteiger partial charge < -0.3 is 4.90 Å². The lowest BCUT2D eigenvalue weighted by molar-refractivity contribution is -0.384. The van der Waals surface area contributed by atoms with Gasteiger partial charge in [-0.05, 0) is 31.4 Å². The molecule has 1 aliphatic rings. The van der Waals surface area contributed by atoms with Crippen molar-refractivity contribution in [2.24, 2.45) is 0 Å². The number of rotatable bonds is 5. The molecule has 5 heteroatoms. The summed E-state index contributed by atoms with van der Waals surface area (Å²) in [5.74, 6) is 0. The van der Waals surface area contributed by atoms with Crippen LogP contribution >= 0.6 is 15.9 Å². The van der Waals surface area contributed by atoms with Gasteiger partial charge in [-0.1, -0.05) is 41.3 Å². The molecule has 0 radical (unpaired) electrons. The van der Waals surface area contributed by atoms with E-state index in [0.717, 1.165) is 30.6 Å². The van der Waals surface area contributed by atoms with Crippen LogP contribution in [0.25, 0.3) is 0 Å². The molecule has 0 aliphatic heterocycles. The molecule has 1 aromatic carbocycles. The van der Waals surface area contributed by atoms with Crippen LogP contribution < -0.4 is 4.90 Å². The third-order valence-electron chi connectivity index (χ3n) is 4.06. The number of alkyl halides is 1. The molecule has 0 aromatic heterocycles. The number of nitrogens with zero attached hydrogens (tertiary/aromatic N) is 2. The minimum absolute atomic E-state index is 0.231. The molecular weight excluding hydrogens is 320 g/mol. The Labute approximate surface area is 128 Å². The lowest BCUT2D eigenvalue weighted by Crippen LogP contribution is -2.37. The van der Waals surface area contributed by atoms with Crippen LogP contribution in [0.5, 0.6) is 0 Å². The van der Waals surface area contributed by atoms with E-state index >= 15 is 0 Å². The number of hydrogen-bond donors (Lipinski definition) is 0. The van der Waals surface area contributed by atoms with E-state index in [1.165, 1.54) is 19.3 Å². The summed E-state index contributed by atoms with van der Waals surface area (Å²) in [6, 6.07) is 6.02. The quantitative estimate of drug-likeness (QED) is 0.445. The molecule has 0 unspecified atom stereocenters. The number of nitro groups is 1. The molecule has 0 amide bonds. The van der Waals surface area contributed by atoms with Gasteiger partial charge in [0.2, 0.25) is 0 Å². The number of nitro benzene ring substituents is 1. The van der Waals surface area contributed by atoms with Gasteiger partial charge in [-0.15, -0.1) is 0 Å². The van der Waals surface area contributed by atoms with Gasteiger partial charge in [0.15, 0.2) is 0 Å². The maximum Gasteiger partial charge on any atom is 0.292 e. The molecular formula is C15H21BrN2O2. The highest BCUT2D eigenvalue weighted by molar-refractivity contribution is 9.08. The molecule has 1 aliphatic carbocycles. The van der Waals surface area contributed by atoms with E-state index in [4.69, 9.17) is 0 Å². The van der Waals surface area contributed by atoms with Crippen LogP contribution in [0.1, 0.15) is 44.6 Å². The number of benzene rings is 1. The van der Waals surface area contributed by atoms with Crippen molar-refractivity contribution in [2.75, 3.05) is 11.4 Å². The molecule has 0 heterocycles. The van der Waals surface area contributed by atoms with E-state index in [1.54, 1.807) is 6.07 Å². The molecule has 20 heavy (non-hydrogen) atoms. The van der Waals surface area contributed by atoms with E-state index in [-0.39, 0.29) is 10.6 Å². The molecule has 0 atom stereocenters. The van der Waals surface area contributed by atoms with Gasteiger partial charge in [-0.3, -0.25) is 10.1 Å². The Kier molecular flexibility index (Phi) is 5.40. The van der Waals surface area contributed by atoms with Crippen LogP contribution in [0.2, 0.25) is 0 Å². The van der Waals surface area contributed by atoms with Gasteiger partial charge in [0.1, 0.15) is 5.69 Å². The largest absolute Gasteiger partial charge is 0.363 e. The predicted molar refractivity (Wildman–Crippen MR) is 85.6 cm³/mol. The fourth-order valence-corrected chi connectivity index (χ4v) is 3.41. The van der Waals surface area contributed by atoms with Gasteiger partial charge in [0.05, 0.1) is 4.92 Å². The van der Waals surface area contributed by atoms with Crippen LogP contribution in [0.4, 0.5) is 11.4 Å². The molecule has 0 N–H and O–H groups in total. The third-order valence-corrected chi connectivity index (χ3v) is 4.70. The second-order valence-corrected chi connectivity index (χ2v) is 5.85. The molecule has 1 aromatic rings. The maximum absolute atomic E-state index is 11.4. The smallest absolute Gasteiger partial charge is 0.292 e. The highest BCUT2D eigenvalue weighted by atomic mass is 79.9. The Balaban J connectivity index is 2.34. The highest BCUT2D eigenvalue weighted by Crippen LogP contribution is 2.34. The van der Waals surface area contributed by atoms with Gasteiger partial charge in [0.25, 0.3) is 5.69 Å². The molecule has 0 spiro atoms. The number of anilines is 1. The van der Waals surface area contributed by atoms with Crippen LogP contribution in [0, 0.1) is 10.1 Å². The van der Waals surface area contributed by atoms with E-state index in [9.17, 15) is 10.1 Å². The van der Waals surface area contributed by atoms with Crippen LogP contribution in [0.15, 0.2) is 18.2 Å². The van der Waals surface area contributed by atoms with Gasteiger partial charge in [-0.25, -0.2) is 0 Å². The van der Waals surface area contributed by atoms with Crippen LogP contribution in [-0.4, -0.2) is 17.5 Å². The summed E-state index contributed by atoms with van der Waals surface area (Å²) in [4.78, 5) is 13.3. The zero-order chi connectivity index (χ0) is 14.5. The summed E-state index contributed by atoms with van der Waals surface area (Å²) in [5.41, 5.74) is 1.95. The molecule has 2 rings (SSSR count). The third kappa shape index (κ3) is 3.32. The molecule has 0 saturated heterocycles. The first kappa shape index (κ1) is 15.3. The second-order valence-electron chi connectivity index (χ2n) is 5.29. The minimum atomic E-state index is -0.257. The SMILES string of the molecule is CCN(c1ccc(CBr)cc1[N+](=O)[O-])C1CCCCC1. The Morgan fingerprint density at radius 1 is 1.35 bits per heavy atom. The van der Waals surface area contributed by atoms with E-state index in [1.807, 2.05) is 12.1 Å². The lowest BCUT2D eigenvalue weighted by atomic mass is 9.93. The van der Waals surface area contributed by atoms with E-state index in [0.29, 0.717) is 11.4 Å². The number of hydrogen-bond acceptors (Lipinski definition) is 3. The van der Waals surface area contributed by atoms with Gasteiger partial charge in [0, 0.05) is 24.0 Å². The van der Waals surface area contributed by atoms with Crippen molar-refractivity contribution in [3.05, 3.63) is 33.9 Å². The number of halogens is 1. The maximum atomic E-state index is 11.4. The van der Waals surface area contributed by atoms with Crippen LogP contribution in [0.3, 0.4) is 0 Å². The zero-order valence-corrected chi connectivity index (χ0v) is 13.4. The first-order chi connectivity index (χ1) is 9.67. The normalized spacial score (nSPS) is 16.1. The van der Waals surface area contributed by atoms with Crippen molar-refractivity contribution >= 4 is 27.3 Å². The highest BCUT2D eigenvalue weighted by Gasteiger charge is 2.26. The zero-order valence-electron chi connectivity index (χ0n) is 11.8. The molecule has 0 bridgehead atoms. The molecule has 1 fully saturated rings. The average molecular weight is 341 g/mol. The van der Waals surface area contributed by atoms with Crippen molar-refractivity contribution in [1.82, 2.24) is 0 Å². The predicted octanol–water partition coefficient (Wildman–Crippen LogP) is 4.65. The fourth-order valence-electron chi connectivity index (χ4n) is 3.06. The summed E-state index contributed by atoms with van der Waals surface area (Å²) in [7, 11) is 0. The first-order valence-electron chi connectivity index (χ1n) is 7.27. The Bertz CT molecular complexity index is 473. The first-order valence-corrected chi connectivity index (χ1v) is 8.39. The van der Waals surface area contributed by atoms with E-state index < -0.39 is 0 Å². The van der Waals surface area contributed by atoms with Crippen molar-refractivity contribution in [2.45, 2.75) is 50.4 Å². The summed E-state index contributed by atoms with van der Waals surface area (Å²) in [5, 5.41) is 12.0. The summed E-state index contributed by atoms with van der Waals surface area (Å²) >= 11 is 3.36. The van der Waals surface area contributed by atoms with Gasteiger partial charge >= 0.3 is 0 Å². The molecule has 110 valence electrons. The Morgan fingerprint density at radius 2 is 2.05 bits per heavy atom. The molecule has 1 saturated carbocycles. The standard InChI is InChI=1S/C15H21BrN2O2/c1-2-17(13-6-4-3-5-7-13)14-9-8-12(11-16)10-15(14)18(19)20/h8-10,13H,2-7,11H2,1H3. The lowest BCUT2D eigenvalue weighted by Gasteiger charge is -2.35.